The maximum atomic E-state index is 9.72. The molecule has 1 saturated heterocycles. The summed E-state index contributed by atoms with van der Waals surface area (Å²) >= 11 is 0. The number of hydrogen-bond acceptors (Lipinski definition) is 4. The van der Waals surface area contributed by atoms with Crippen LogP contribution in [0.2, 0.25) is 0 Å². The van der Waals surface area contributed by atoms with Crippen molar-refractivity contribution in [3.05, 3.63) is 30.6 Å². The molecule has 1 aromatic heterocycles. The average molecular weight is 257 g/mol. The van der Waals surface area contributed by atoms with Crippen molar-refractivity contribution in [3.8, 4) is 0 Å². The monoisotopic (exact) mass is 257 g/mol. The summed E-state index contributed by atoms with van der Waals surface area (Å²) in [6.45, 7) is 3.76. The van der Waals surface area contributed by atoms with Gasteiger partial charge >= 0.3 is 0 Å². The van der Waals surface area contributed by atoms with Crippen LogP contribution in [-0.2, 0) is 0 Å². The van der Waals surface area contributed by atoms with Gasteiger partial charge in [-0.05, 0) is 31.5 Å². The van der Waals surface area contributed by atoms with Crippen molar-refractivity contribution < 1.29 is 5.11 Å². The van der Waals surface area contributed by atoms with E-state index in [0.717, 1.165) is 36.0 Å². The molecule has 0 bridgehead atoms. The van der Waals surface area contributed by atoms with Crippen molar-refractivity contribution in [2.24, 2.45) is 5.92 Å². The molecule has 3 rings (SSSR count). The Morgan fingerprint density at radius 2 is 2.21 bits per heavy atom. The lowest BCUT2D eigenvalue weighted by atomic mass is 10.0. The van der Waals surface area contributed by atoms with Crippen LogP contribution in [-0.4, -0.2) is 29.3 Å². The lowest BCUT2D eigenvalue weighted by Crippen LogP contribution is -2.24. The molecule has 1 aromatic carbocycles. The van der Waals surface area contributed by atoms with Crippen LogP contribution in [0.5, 0.6) is 0 Å². The normalized spacial score (nSPS) is 20.9. The lowest BCUT2D eigenvalue weighted by Gasteiger charge is -2.22. The van der Waals surface area contributed by atoms with E-state index in [4.69, 9.17) is 5.73 Å². The fraction of sp³-hybridized carbons (Fsp3) is 0.400. The largest absolute Gasteiger partial charge is 0.398 e. The molecule has 2 unspecified atom stereocenters. The Bertz CT molecular complexity index is 597. The third kappa shape index (κ3) is 2.12. The van der Waals surface area contributed by atoms with Crippen LogP contribution in [0.1, 0.15) is 13.3 Å². The second-order valence-corrected chi connectivity index (χ2v) is 5.33. The van der Waals surface area contributed by atoms with Crippen LogP contribution in [0, 0.1) is 5.92 Å². The molecular weight excluding hydrogens is 238 g/mol. The Balaban J connectivity index is 2.00. The molecule has 0 aliphatic carbocycles. The van der Waals surface area contributed by atoms with Crippen molar-refractivity contribution in [1.29, 1.82) is 0 Å². The molecule has 4 nitrogen and oxygen atoms in total. The minimum Gasteiger partial charge on any atom is -0.398 e. The SMILES string of the molecule is CC(O)C1CCN(c2ccc(N)c3cnccc23)C1. The highest BCUT2D eigenvalue weighted by atomic mass is 16.3. The molecule has 1 aliphatic heterocycles. The Kier molecular flexibility index (Phi) is 3.03. The molecular formula is C15H19N3O. The Morgan fingerprint density at radius 1 is 1.37 bits per heavy atom. The third-order valence-corrected chi connectivity index (χ3v) is 4.08. The maximum Gasteiger partial charge on any atom is 0.0557 e. The Labute approximate surface area is 112 Å². The van der Waals surface area contributed by atoms with Gasteiger partial charge in [0, 0.05) is 53.5 Å². The summed E-state index contributed by atoms with van der Waals surface area (Å²) in [5.41, 5.74) is 7.95. The van der Waals surface area contributed by atoms with Crippen molar-refractivity contribution in [1.82, 2.24) is 4.98 Å². The average Bonchev–Trinajstić information content (AvgIpc) is 2.89. The van der Waals surface area contributed by atoms with Gasteiger partial charge in [0.2, 0.25) is 0 Å². The molecule has 19 heavy (non-hydrogen) atoms. The number of aromatic nitrogens is 1. The third-order valence-electron chi connectivity index (χ3n) is 4.08. The van der Waals surface area contributed by atoms with E-state index in [1.807, 2.05) is 25.3 Å². The number of aliphatic hydroxyl groups excluding tert-OH is 1. The predicted octanol–water partition coefficient (Wildman–Crippen LogP) is 2.02. The van der Waals surface area contributed by atoms with Crippen LogP contribution in [0.25, 0.3) is 10.8 Å². The smallest absolute Gasteiger partial charge is 0.0557 e. The van der Waals surface area contributed by atoms with E-state index in [9.17, 15) is 5.11 Å². The first kappa shape index (κ1) is 12.2. The van der Waals surface area contributed by atoms with Gasteiger partial charge in [-0.15, -0.1) is 0 Å². The van der Waals surface area contributed by atoms with Crippen molar-refractivity contribution >= 4 is 22.1 Å². The van der Waals surface area contributed by atoms with Crippen LogP contribution in [0.3, 0.4) is 0 Å². The van der Waals surface area contributed by atoms with E-state index in [2.05, 4.69) is 16.0 Å². The number of nitrogen functional groups attached to an aromatic ring is 1. The van der Waals surface area contributed by atoms with Gasteiger partial charge in [-0.1, -0.05) is 0 Å². The Hall–Kier alpha value is -1.81. The zero-order valence-electron chi connectivity index (χ0n) is 11.1. The molecule has 0 spiro atoms. The van der Waals surface area contributed by atoms with Crippen LogP contribution in [0.4, 0.5) is 11.4 Å². The molecule has 2 heterocycles. The molecule has 1 fully saturated rings. The van der Waals surface area contributed by atoms with Gasteiger partial charge < -0.3 is 15.7 Å². The zero-order valence-corrected chi connectivity index (χ0v) is 11.1. The molecule has 4 heteroatoms. The van der Waals surface area contributed by atoms with Gasteiger partial charge in [-0.2, -0.15) is 0 Å². The Morgan fingerprint density at radius 3 is 2.95 bits per heavy atom. The number of aliphatic hydroxyl groups is 1. The number of nitrogens with two attached hydrogens (primary N) is 1. The molecule has 0 amide bonds. The molecule has 0 radical (unpaired) electrons. The summed E-state index contributed by atoms with van der Waals surface area (Å²) in [4.78, 5) is 6.48. The summed E-state index contributed by atoms with van der Waals surface area (Å²) in [6.07, 6.45) is 4.41. The maximum absolute atomic E-state index is 9.72. The summed E-state index contributed by atoms with van der Waals surface area (Å²) < 4.78 is 0. The standard InChI is InChI=1S/C15H19N3O/c1-10(19)11-5-7-18(9-11)15-3-2-14(16)13-8-17-6-4-12(13)15/h2-4,6,8,10-11,19H,5,7,9,16H2,1H3. The second kappa shape index (κ2) is 4.70. The number of nitrogens with zero attached hydrogens (tertiary/aromatic N) is 2. The second-order valence-electron chi connectivity index (χ2n) is 5.33. The predicted molar refractivity (Wildman–Crippen MR) is 78.2 cm³/mol. The highest BCUT2D eigenvalue weighted by molar-refractivity contribution is 6.00. The molecule has 1 aliphatic rings. The summed E-state index contributed by atoms with van der Waals surface area (Å²) in [6, 6.07) is 6.02. The van der Waals surface area contributed by atoms with Gasteiger partial charge in [0.1, 0.15) is 0 Å². The van der Waals surface area contributed by atoms with E-state index in [-0.39, 0.29) is 6.10 Å². The summed E-state index contributed by atoms with van der Waals surface area (Å²) in [7, 11) is 0. The minimum atomic E-state index is -0.244. The van der Waals surface area contributed by atoms with Gasteiger partial charge in [-0.3, -0.25) is 4.98 Å². The molecule has 100 valence electrons. The lowest BCUT2D eigenvalue weighted by molar-refractivity contribution is 0.136. The van der Waals surface area contributed by atoms with E-state index in [1.165, 1.54) is 5.69 Å². The number of anilines is 2. The number of benzene rings is 1. The number of rotatable bonds is 2. The fourth-order valence-electron chi connectivity index (χ4n) is 2.87. The topological polar surface area (TPSA) is 62.4 Å². The summed E-state index contributed by atoms with van der Waals surface area (Å²) in [5, 5.41) is 11.9. The highest BCUT2D eigenvalue weighted by Gasteiger charge is 2.27. The van der Waals surface area contributed by atoms with Gasteiger partial charge in [0.25, 0.3) is 0 Å². The first-order valence-electron chi connectivity index (χ1n) is 6.72. The van der Waals surface area contributed by atoms with Crippen LogP contribution >= 0.6 is 0 Å². The van der Waals surface area contributed by atoms with E-state index >= 15 is 0 Å². The fourth-order valence-corrected chi connectivity index (χ4v) is 2.87. The molecule has 0 saturated carbocycles. The number of pyridine rings is 1. The van der Waals surface area contributed by atoms with E-state index in [0.29, 0.717) is 5.92 Å². The molecule has 2 aromatic rings. The summed E-state index contributed by atoms with van der Waals surface area (Å²) in [5.74, 6) is 0.356. The van der Waals surface area contributed by atoms with Crippen LogP contribution in [0.15, 0.2) is 30.6 Å². The first-order valence-corrected chi connectivity index (χ1v) is 6.72. The van der Waals surface area contributed by atoms with Gasteiger partial charge in [-0.25, -0.2) is 0 Å². The number of hydrogen-bond donors (Lipinski definition) is 2. The zero-order chi connectivity index (χ0) is 13.4. The van der Waals surface area contributed by atoms with Gasteiger partial charge in [0.05, 0.1) is 6.10 Å². The van der Waals surface area contributed by atoms with Crippen molar-refractivity contribution in [2.75, 3.05) is 23.7 Å². The molecule has 3 N–H and O–H groups in total. The van der Waals surface area contributed by atoms with Gasteiger partial charge in [0.15, 0.2) is 0 Å². The van der Waals surface area contributed by atoms with E-state index < -0.39 is 0 Å². The van der Waals surface area contributed by atoms with E-state index in [1.54, 1.807) is 6.20 Å². The quantitative estimate of drug-likeness (QED) is 0.808. The number of fused-ring (bicyclic) bond motifs is 1. The minimum absolute atomic E-state index is 0.244. The van der Waals surface area contributed by atoms with Crippen molar-refractivity contribution in [3.63, 3.8) is 0 Å². The molecule has 2 atom stereocenters. The van der Waals surface area contributed by atoms with Crippen molar-refractivity contribution in [2.45, 2.75) is 19.4 Å². The van der Waals surface area contributed by atoms with Crippen LogP contribution < -0.4 is 10.6 Å². The highest BCUT2D eigenvalue weighted by Crippen LogP contribution is 2.33. The first-order chi connectivity index (χ1) is 9.16.